The second kappa shape index (κ2) is 9.06. The molecular formula is C21H25N3O6. The number of nitrogens with one attached hydrogen (secondary N) is 2. The highest BCUT2D eigenvalue weighted by atomic mass is 16.5. The number of ether oxygens (including phenoxy) is 1. The van der Waals surface area contributed by atoms with Crippen LogP contribution in [-0.2, 0) is 23.9 Å². The van der Waals surface area contributed by atoms with E-state index >= 15 is 0 Å². The molecule has 4 atom stereocenters. The molecule has 0 spiro atoms. The van der Waals surface area contributed by atoms with Gasteiger partial charge in [-0.25, -0.2) is 4.79 Å². The lowest BCUT2D eigenvalue weighted by molar-refractivity contribution is -0.164. The van der Waals surface area contributed by atoms with Crippen LogP contribution in [0, 0.1) is 11.8 Å². The predicted molar refractivity (Wildman–Crippen MR) is 104 cm³/mol. The van der Waals surface area contributed by atoms with Crippen molar-refractivity contribution in [3.63, 3.8) is 0 Å². The molecule has 0 radical (unpaired) electrons. The Bertz CT molecular complexity index is 832. The molecule has 0 unspecified atom stereocenters. The van der Waals surface area contributed by atoms with Gasteiger partial charge in [0.25, 0.3) is 11.8 Å². The van der Waals surface area contributed by atoms with Gasteiger partial charge in [-0.3, -0.25) is 34.9 Å². The number of amides is 4. The first-order valence-electron chi connectivity index (χ1n) is 10.0. The van der Waals surface area contributed by atoms with E-state index < -0.39 is 29.9 Å². The fourth-order valence-corrected chi connectivity index (χ4v) is 3.88. The summed E-state index contributed by atoms with van der Waals surface area (Å²) in [5.41, 5.74) is 4.78. The van der Waals surface area contributed by atoms with E-state index in [9.17, 15) is 24.0 Å². The van der Waals surface area contributed by atoms with Crippen LogP contribution in [0.15, 0.2) is 30.3 Å². The minimum Gasteiger partial charge on any atom is -0.451 e. The van der Waals surface area contributed by atoms with E-state index in [1.54, 1.807) is 30.3 Å². The summed E-state index contributed by atoms with van der Waals surface area (Å²) in [4.78, 5) is 62.7. The Balaban J connectivity index is 1.53. The van der Waals surface area contributed by atoms with E-state index in [2.05, 4.69) is 10.9 Å². The molecule has 1 saturated carbocycles. The summed E-state index contributed by atoms with van der Waals surface area (Å²) in [5.74, 6) is -3.54. The maximum Gasteiger partial charge on any atom is 0.329 e. The van der Waals surface area contributed by atoms with Gasteiger partial charge in [0.15, 0.2) is 6.10 Å². The number of carbonyl (C=O) groups is 5. The second-order valence-electron chi connectivity index (χ2n) is 7.61. The molecule has 9 heteroatoms. The van der Waals surface area contributed by atoms with Crippen molar-refractivity contribution in [1.82, 2.24) is 15.8 Å². The van der Waals surface area contributed by atoms with Crippen LogP contribution in [0.25, 0.3) is 0 Å². The summed E-state index contributed by atoms with van der Waals surface area (Å²) < 4.78 is 5.13. The number of esters is 1. The molecule has 2 aliphatic rings. The summed E-state index contributed by atoms with van der Waals surface area (Å²) in [6, 6.07) is 7.15. The summed E-state index contributed by atoms with van der Waals surface area (Å²) >= 11 is 0. The molecule has 0 aromatic heterocycles. The lowest BCUT2D eigenvalue weighted by Gasteiger charge is -2.23. The van der Waals surface area contributed by atoms with Crippen LogP contribution < -0.4 is 10.9 Å². The second-order valence-corrected chi connectivity index (χ2v) is 7.61. The van der Waals surface area contributed by atoms with Crippen molar-refractivity contribution < 1.29 is 28.7 Å². The molecule has 1 aromatic carbocycles. The molecule has 2 fully saturated rings. The number of nitrogens with zero attached hydrogens (tertiary/aromatic N) is 1. The Labute approximate surface area is 174 Å². The van der Waals surface area contributed by atoms with Gasteiger partial charge in [-0.1, -0.05) is 31.0 Å². The summed E-state index contributed by atoms with van der Waals surface area (Å²) in [7, 11) is 0. The number of hydrazine groups is 1. The van der Waals surface area contributed by atoms with E-state index in [-0.39, 0.29) is 23.7 Å². The largest absolute Gasteiger partial charge is 0.451 e. The number of likely N-dealkylation sites (tertiary alicyclic amines) is 1. The van der Waals surface area contributed by atoms with E-state index in [4.69, 9.17) is 4.74 Å². The highest BCUT2D eigenvalue weighted by molar-refractivity contribution is 6.08. The van der Waals surface area contributed by atoms with Crippen LogP contribution in [0.2, 0.25) is 0 Å². The van der Waals surface area contributed by atoms with E-state index in [0.29, 0.717) is 18.4 Å². The molecule has 1 saturated heterocycles. The zero-order chi connectivity index (χ0) is 21.8. The molecule has 30 heavy (non-hydrogen) atoms. The summed E-state index contributed by atoms with van der Waals surface area (Å²) in [6.45, 7) is 2.75. The van der Waals surface area contributed by atoms with Crippen LogP contribution >= 0.6 is 0 Å². The number of benzene rings is 1. The van der Waals surface area contributed by atoms with E-state index in [0.717, 1.165) is 17.7 Å². The van der Waals surface area contributed by atoms with Gasteiger partial charge < -0.3 is 4.74 Å². The normalized spacial score (nSPS) is 22.7. The Morgan fingerprint density at radius 1 is 0.967 bits per heavy atom. The topological polar surface area (TPSA) is 122 Å². The molecule has 3 rings (SSSR count). The Morgan fingerprint density at radius 3 is 2.10 bits per heavy atom. The van der Waals surface area contributed by atoms with Crippen molar-refractivity contribution in [3.05, 3.63) is 35.9 Å². The van der Waals surface area contributed by atoms with Crippen molar-refractivity contribution in [2.75, 3.05) is 0 Å². The fourth-order valence-electron chi connectivity index (χ4n) is 3.88. The number of carbonyl (C=O) groups excluding carboxylic acids is 5. The third-order valence-corrected chi connectivity index (χ3v) is 5.60. The first-order valence-corrected chi connectivity index (χ1v) is 10.0. The Kier molecular flexibility index (Phi) is 6.49. The van der Waals surface area contributed by atoms with Crippen molar-refractivity contribution in [3.8, 4) is 0 Å². The van der Waals surface area contributed by atoms with Crippen LogP contribution in [0.1, 0.15) is 49.9 Å². The van der Waals surface area contributed by atoms with Gasteiger partial charge in [-0.05, 0) is 38.8 Å². The van der Waals surface area contributed by atoms with Gasteiger partial charge in [0.1, 0.15) is 6.04 Å². The predicted octanol–water partition coefficient (Wildman–Crippen LogP) is 0.943. The average molecular weight is 415 g/mol. The minimum atomic E-state index is -1.23. The molecule has 4 amide bonds. The number of hydrogen-bond donors (Lipinski definition) is 2. The van der Waals surface area contributed by atoms with Crippen LogP contribution in [0.4, 0.5) is 0 Å². The SMILES string of the molecule is C[C@H](OC(=O)[C@H](C)N1C(=O)[C@H]2CCCC[C@@H]2C1=O)C(=O)NNC(=O)c1ccccc1. The molecule has 1 aliphatic heterocycles. The van der Waals surface area contributed by atoms with Gasteiger partial charge in [0, 0.05) is 5.56 Å². The first kappa shape index (κ1) is 21.5. The molecule has 160 valence electrons. The maximum atomic E-state index is 12.6. The zero-order valence-corrected chi connectivity index (χ0v) is 16.9. The van der Waals surface area contributed by atoms with Gasteiger partial charge in [0.2, 0.25) is 11.8 Å². The fraction of sp³-hybridized carbons (Fsp3) is 0.476. The molecular weight excluding hydrogens is 390 g/mol. The standard InChI is InChI=1S/C21H25N3O6/c1-12(24-19(27)15-10-6-7-11-16(15)20(24)28)21(29)30-13(2)17(25)22-23-18(26)14-8-4-3-5-9-14/h3-5,8-9,12-13,15-16H,6-7,10-11H2,1-2H3,(H,22,25)(H,23,26)/t12-,13-,15-,16-/m0/s1. The highest BCUT2D eigenvalue weighted by Crippen LogP contribution is 2.38. The first-order chi connectivity index (χ1) is 14.3. The Hall–Kier alpha value is -3.23. The van der Waals surface area contributed by atoms with Crippen LogP contribution in [0.3, 0.4) is 0 Å². The van der Waals surface area contributed by atoms with E-state index in [1.165, 1.54) is 13.8 Å². The van der Waals surface area contributed by atoms with Gasteiger partial charge in [-0.2, -0.15) is 0 Å². The van der Waals surface area contributed by atoms with Crippen molar-refractivity contribution in [2.24, 2.45) is 11.8 Å². The number of imide groups is 1. The molecule has 0 bridgehead atoms. The third-order valence-electron chi connectivity index (χ3n) is 5.60. The quantitative estimate of drug-likeness (QED) is 0.419. The average Bonchev–Trinajstić information content (AvgIpc) is 3.02. The highest BCUT2D eigenvalue weighted by Gasteiger charge is 2.51. The third kappa shape index (κ3) is 4.34. The molecule has 1 heterocycles. The minimum absolute atomic E-state index is 0.346. The van der Waals surface area contributed by atoms with E-state index in [1.807, 2.05) is 0 Å². The number of hydrogen-bond acceptors (Lipinski definition) is 6. The molecule has 1 aliphatic carbocycles. The van der Waals surface area contributed by atoms with Crippen molar-refractivity contribution in [2.45, 2.75) is 51.7 Å². The molecule has 1 aromatic rings. The van der Waals surface area contributed by atoms with Gasteiger partial charge in [0.05, 0.1) is 11.8 Å². The van der Waals surface area contributed by atoms with Crippen LogP contribution in [-0.4, -0.2) is 46.6 Å². The summed E-state index contributed by atoms with van der Waals surface area (Å²) in [5, 5.41) is 0. The smallest absolute Gasteiger partial charge is 0.329 e. The lowest BCUT2D eigenvalue weighted by Crippen LogP contribution is -2.49. The lowest BCUT2D eigenvalue weighted by atomic mass is 9.81. The number of fused-ring (bicyclic) bond motifs is 1. The number of rotatable bonds is 5. The van der Waals surface area contributed by atoms with Gasteiger partial charge >= 0.3 is 5.97 Å². The molecule has 2 N–H and O–H groups in total. The zero-order valence-electron chi connectivity index (χ0n) is 16.9. The van der Waals surface area contributed by atoms with Crippen molar-refractivity contribution in [1.29, 1.82) is 0 Å². The maximum absolute atomic E-state index is 12.6. The molecule has 9 nitrogen and oxygen atoms in total. The van der Waals surface area contributed by atoms with Crippen LogP contribution in [0.5, 0.6) is 0 Å². The monoisotopic (exact) mass is 415 g/mol. The van der Waals surface area contributed by atoms with Gasteiger partial charge in [-0.15, -0.1) is 0 Å². The van der Waals surface area contributed by atoms with Crippen molar-refractivity contribution >= 4 is 29.6 Å². The summed E-state index contributed by atoms with van der Waals surface area (Å²) in [6.07, 6.45) is 1.84. The Morgan fingerprint density at radius 2 is 1.53 bits per heavy atom.